The largest absolute Gasteiger partial charge is 0.479 e. The molecule has 1 atom stereocenters. The molecule has 1 N–H and O–H groups in total. The highest BCUT2D eigenvalue weighted by Crippen LogP contribution is 2.25. The van der Waals surface area contributed by atoms with Gasteiger partial charge in [0.25, 0.3) is 5.91 Å². The number of carbonyl (C=O) groups is 2. The van der Waals surface area contributed by atoms with Gasteiger partial charge in [-0.25, -0.2) is 4.79 Å². The van der Waals surface area contributed by atoms with Crippen LogP contribution in [-0.2, 0) is 14.3 Å². The van der Waals surface area contributed by atoms with Gasteiger partial charge >= 0.3 is 11.7 Å². The maximum absolute atomic E-state index is 12.0. The number of morpholine rings is 1. The molecule has 1 amide bonds. The van der Waals surface area contributed by atoms with Gasteiger partial charge in [-0.1, -0.05) is 12.1 Å². The molecule has 9 nitrogen and oxygen atoms in total. The van der Waals surface area contributed by atoms with Gasteiger partial charge < -0.3 is 19.5 Å². The summed E-state index contributed by atoms with van der Waals surface area (Å²) in [6.07, 6.45) is -1.07. The molecule has 1 aromatic carbocycles. The Morgan fingerprint density at radius 2 is 2.18 bits per heavy atom. The molecule has 0 saturated carbocycles. The van der Waals surface area contributed by atoms with Gasteiger partial charge in [0.05, 0.1) is 18.1 Å². The van der Waals surface area contributed by atoms with Crippen LogP contribution in [0.15, 0.2) is 24.3 Å². The summed E-state index contributed by atoms with van der Waals surface area (Å²) >= 11 is 0. The number of aliphatic carboxylic acids is 1. The molecular formula is C13H14N2O7. The molecule has 0 aliphatic carbocycles. The molecule has 1 unspecified atom stereocenters. The van der Waals surface area contributed by atoms with Crippen LogP contribution in [0.4, 0.5) is 5.69 Å². The Balaban J connectivity index is 1.95. The van der Waals surface area contributed by atoms with E-state index >= 15 is 0 Å². The molecule has 1 saturated heterocycles. The fourth-order valence-electron chi connectivity index (χ4n) is 1.99. The average Bonchev–Trinajstić information content (AvgIpc) is 2.52. The Morgan fingerprint density at radius 1 is 1.45 bits per heavy atom. The molecule has 1 heterocycles. The minimum absolute atomic E-state index is 0.0103. The Morgan fingerprint density at radius 3 is 2.86 bits per heavy atom. The number of nitrogens with zero attached hydrogens (tertiary/aromatic N) is 2. The smallest absolute Gasteiger partial charge is 0.334 e. The highest BCUT2D eigenvalue weighted by Gasteiger charge is 2.29. The zero-order valence-corrected chi connectivity index (χ0v) is 11.5. The molecule has 0 radical (unpaired) electrons. The van der Waals surface area contributed by atoms with Gasteiger partial charge in [0, 0.05) is 12.6 Å². The van der Waals surface area contributed by atoms with Crippen LogP contribution < -0.4 is 4.74 Å². The first-order valence-electron chi connectivity index (χ1n) is 6.47. The number of nitro benzene ring substituents is 1. The van der Waals surface area contributed by atoms with Crippen molar-refractivity contribution in [3.05, 3.63) is 34.4 Å². The number of ether oxygens (including phenoxy) is 2. The third kappa shape index (κ3) is 3.70. The predicted octanol–water partition coefficient (Wildman–Crippen LogP) is 0.286. The van der Waals surface area contributed by atoms with Crippen LogP contribution in [-0.4, -0.2) is 59.2 Å². The fraction of sp³-hybridized carbons (Fsp3) is 0.385. The second-order valence-corrected chi connectivity index (χ2v) is 4.55. The molecule has 22 heavy (non-hydrogen) atoms. The topological polar surface area (TPSA) is 119 Å². The van der Waals surface area contributed by atoms with Crippen LogP contribution in [0.1, 0.15) is 0 Å². The molecule has 1 aromatic rings. The first-order chi connectivity index (χ1) is 10.5. The summed E-state index contributed by atoms with van der Waals surface area (Å²) in [7, 11) is 0. The van der Waals surface area contributed by atoms with Gasteiger partial charge in [-0.3, -0.25) is 14.9 Å². The first-order valence-corrected chi connectivity index (χ1v) is 6.47. The van der Waals surface area contributed by atoms with Crippen LogP contribution >= 0.6 is 0 Å². The van der Waals surface area contributed by atoms with E-state index in [0.717, 1.165) is 0 Å². The van der Waals surface area contributed by atoms with Crippen molar-refractivity contribution in [1.29, 1.82) is 0 Å². The van der Waals surface area contributed by atoms with E-state index in [1.54, 1.807) is 6.07 Å². The Kier molecular flexibility index (Phi) is 4.89. The van der Waals surface area contributed by atoms with Crippen LogP contribution in [0, 0.1) is 10.1 Å². The first kappa shape index (κ1) is 15.7. The number of nitro groups is 1. The van der Waals surface area contributed by atoms with Gasteiger partial charge in [0.2, 0.25) is 0 Å². The molecule has 9 heteroatoms. The minimum Gasteiger partial charge on any atom is -0.479 e. The molecular weight excluding hydrogens is 296 g/mol. The van der Waals surface area contributed by atoms with E-state index in [2.05, 4.69) is 0 Å². The van der Waals surface area contributed by atoms with E-state index in [4.69, 9.17) is 14.6 Å². The highest BCUT2D eigenvalue weighted by molar-refractivity contribution is 5.80. The number of carboxylic acids is 1. The van der Waals surface area contributed by atoms with Crippen molar-refractivity contribution >= 4 is 17.6 Å². The zero-order valence-electron chi connectivity index (χ0n) is 11.5. The SMILES string of the molecule is O=C(O)C1CN(C(=O)COc2ccccc2[N+](=O)[O-])CCO1. The van der Waals surface area contributed by atoms with Crippen LogP contribution in [0.25, 0.3) is 0 Å². The van der Waals surface area contributed by atoms with Crippen molar-refractivity contribution in [3.8, 4) is 5.75 Å². The standard InChI is InChI=1S/C13H14N2O7/c16-12(14-5-6-21-11(7-14)13(17)18)8-22-10-4-2-1-3-9(10)15(19)20/h1-4,11H,5-8H2,(H,17,18). The van der Waals surface area contributed by atoms with E-state index in [9.17, 15) is 19.7 Å². The molecule has 0 bridgehead atoms. The summed E-state index contributed by atoms with van der Waals surface area (Å²) in [5.74, 6) is -1.60. The lowest BCUT2D eigenvalue weighted by Crippen LogP contribution is -2.49. The van der Waals surface area contributed by atoms with Crippen LogP contribution in [0.2, 0.25) is 0 Å². The van der Waals surface area contributed by atoms with Crippen molar-refractivity contribution in [1.82, 2.24) is 4.90 Å². The maximum Gasteiger partial charge on any atom is 0.334 e. The van der Waals surface area contributed by atoms with E-state index in [1.165, 1.54) is 23.1 Å². The predicted molar refractivity (Wildman–Crippen MR) is 72.5 cm³/mol. The number of carbonyl (C=O) groups excluding carboxylic acids is 1. The fourth-order valence-corrected chi connectivity index (χ4v) is 1.99. The van der Waals surface area contributed by atoms with E-state index in [1.807, 2.05) is 0 Å². The van der Waals surface area contributed by atoms with E-state index in [-0.39, 0.29) is 31.1 Å². The summed E-state index contributed by atoms with van der Waals surface area (Å²) in [4.78, 5) is 34.4. The van der Waals surface area contributed by atoms with Crippen molar-refractivity contribution in [2.45, 2.75) is 6.10 Å². The van der Waals surface area contributed by atoms with Crippen molar-refractivity contribution in [3.63, 3.8) is 0 Å². The Hall–Kier alpha value is -2.68. The van der Waals surface area contributed by atoms with Crippen LogP contribution in [0.5, 0.6) is 5.75 Å². The van der Waals surface area contributed by atoms with Crippen LogP contribution in [0.3, 0.4) is 0 Å². The number of hydrogen-bond acceptors (Lipinski definition) is 6. The summed E-state index contributed by atoms with van der Waals surface area (Å²) in [6.45, 7) is -0.108. The van der Waals surface area contributed by atoms with Crippen molar-refractivity contribution in [2.75, 3.05) is 26.3 Å². The van der Waals surface area contributed by atoms with Crippen molar-refractivity contribution in [2.24, 2.45) is 0 Å². The molecule has 1 aliphatic rings. The third-order valence-corrected chi connectivity index (χ3v) is 3.11. The third-order valence-electron chi connectivity index (χ3n) is 3.11. The Bertz CT molecular complexity index is 590. The quantitative estimate of drug-likeness (QED) is 0.613. The lowest BCUT2D eigenvalue weighted by Gasteiger charge is -2.30. The van der Waals surface area contributed by atoms with Gasteiger partial charge in [-0.2, -0.15) is 0 Å². The Labute approximate surface area is 125 Å². The number of rotatable bonds is 5. The van der Waals surface area contributed by atoms with Gasteiger partial charge in [-0.05, 0) is 6.07 Å². The number of hydrogen-bond donors (Lipinski definition) is 1. The zero-order chi connectivity index (χ0) is 16.1. The summed E-state index contributed by atoms with van der Waals surface area (Å²) in [5.41, 5.74) is -0.235. The lowest BCUT2D eigenvalue weighted by atomic mass is 10.2. The molecule has 2 rings (SSSR count). The number of carboxylic acid groups (broad SMARTS) is 1. The molecule has 118 valence electrons. The van der Waals surface area contributed by atoms with Gasteiger partial charge in [0.1, 0.15) is 0 Å². The maximum atomic E-state index is 12.0. The van der Waals surface area contributed by atoms with E-state index < -0.39 is 29.5 Å². The van der Waals surface area contributed by atoms with Gasteiger partial charge in [-0.15, -0.1) is 0 Å². The summed E-state index contributed by atoms with van der Waals surface area (Å²) < 4.78 is 10.2. The number of benzene rings is 1. The number of amides is 1. The monoisotopic (exact) mass is 310 g/mol. The molecule has 0 spiro atoms. The second kappa shape index (κ2) is 6.85. The number of para-hydroxylation sites is 2. The minimum atomic E-state index is -1.14. The second-order valence-electron chi connectivity index (χ2n) is 4.55. The summed E-state index contributed by atoms with van der Waals surface area (Å²) in [6, 6.07) is 5.72. The van der Waals surface area contributed by atoms with E-state index in [0.29, 0.717) is 0 Å². The summed E-state index contributed by atoms with van der Waals surface area (Å²) in [5, 5.41) is 19.7. The normalized spacial score (nSPS) is 17.8. The lowest BCUT2D eigenvalue weighted by molar-refractivity contribution is -0.385. The van der Waals surface area contributed by atoms with Gasteiger partial charge in [0.15, 0.2) is 18.5 Å². The van der Waals surface area contributed by atoms with Crippen molar-refractivity contribution < 1.29 is 29.1 Å². The molecule has 0 aromatic heterocycles. The molecule has 1 fully saturated rings. The average molecular weight is 310 g/mol. The highest BCUT2D eigenvalue weighted by atomic mass is 16.6. The molecule has 1 aliphatic heterocycles.